The molecule has 0 aromatic heterocycles. The fourth-order valence-corrected chi connectivity index (χ4v) is 2.60. The molecule has 0 bridgehead atoms. The van der Waals surface area contributed by atoms with Crippen LogP contribution in [0.1, 0.15) is 38.3 Å². The van der Waals surface area contributed by atoms with Gasteiger partial charge in [0.25, 0.3) is 11.8 Å². The lowest BCUT2D eigenvalue weighted by atomic mass is 10.1. The molecule has 0 fully saturated rings. The maximum Gasteiger partial charge on any atom is 0.261 e. The van der Waals surface area contributed by atoms with Crippen LogP contribution < -0.4 is 0 Å². The van der Waals surface area contributed by atoms with Crippen LogP contribution >= 0.6 is 0 Å². The summed E-state index contributed by atoms with van der Waals surface area (Å²) in [5, 5.41) is 8.73. The molecular weight excluding hydrogens is 309 g/mol. The average molecular weight is 323 g/mol. The summed E-state index contributed by atoms with van der Waals surface area (Å²) >= 11 is 0. The number of imide groups is 1. The second-order valence-electron chi connectivity index (χ2n) is 5.37. The molecule has 0 saturated heterocycles. The smallest absolute Gasteiger partial charge is 0.261 e. The van der Waals surface area contributed by atoms with Crippen molar-refractivity contribution in [3.05, 3.63) is 70.5 Å². The molecule has 2 aromatic carbocycles. The minimum atomic E-state index is -0.489. The van der Waals surface area contributed by atoms with Gasteiger partial charge in [0.15, 0.2) is 0 Å². The highest BCUT2D eigenvalue weighted by Crippen LogP contribution is 2.24. The Morgan fingerprint density at radius 3 is 2.33 bits per heavy atom. The summed E-state index contributed by atoms with van der Waals surface area (Å²) in [7, 11) is 0. The van der Waals surface area contributed by atoms with Crippen LogP contribution in [0, 0.1) is 17.7 Å². The predicted molar refractivity (Wildman–Crippen MR) is 85.6 cm³/mol. The van der Waals surface area contributed by atoms with Crippen LogP contribution in [0.2, 0.25) is 0 Å². The normalized spacial score (nSPS) is 12.8. The quantitative estimate of drug-likeness (QED) is 0.697. The van der Waals surface area contributed by atoms with Gasteiger partial charge < -0.3 is 5.11 Å². The fraction of sp³-hybridized carbons (Fsp3) is 0.158. The lowest BCUT2D eigenvalue weighted by Gasteiger charge is -2.14. The second-order valence-corrected chi connectivity index (χ2v) is 5.37. The van der Waals surface area contributed by atoms with E-state index in [0.717, 1.165) is 4.90 Å². The molecule has 0 saturated carbocycles. The van der Waals surface area contributed by atoms with Crippen LogP contribution in [0.15, 0.2) is 42.5 Å². The van der Waals surface area contributed by atoms with E-state index < -0.39 is 5.82 Å². The number of benzene rings is 2. The van der Waals surface area contributed by atoms with Gasteiger partial charge in [0.05, 0.1) is 24.3 Å². The number of aliphatic hydroxyl groups excluding tert-OH is 1. The fourth-order valence-electron chi connectivity index (χ4n) is 2.60. The van der Waals surface area contributed by atoms with Crippen molar-refractivity contribution < 1.29 is 19.1 Å². The highest BCUT2D eigenvalue weighted by molar-refractivity contribution is 6.21. The summed E-state index contributed by atoms with van der Waals surface area (Å²) in [5.41, 5.74) is 1.65. The van der Waals surface area contributed by atoms with Crippen LogP contribution in [0.25, 0.3) is 0 Å². The van der Waals surface area contributed by atoms with Gasteiger partial charge in [-0.3, -0.25) is 14.5 Å². The number of hydrogen-bond acceptors (Lipinski definition) is 3. The van der Waals surface area contributed by atoms with Crippen LogP contribution in [0.5, 0.6) is 0 Å². The minimum absolute atomic E-state index is 0.0151. The number of rotatable bonds is 3. The zero-order valence-corrected chi connectivity index (χ0v) is 12.8. The van der Waals surface area contributed by atoms with Crippen molar-refractivity contribution in [1.82, 2.24) is 4.90 Å². The Hall–Kier alpha value is -2.97. The van der Waals surface area contributed by atoms with Crippen molar-refractivity contribution >= 4 is 11.8 Å². The molecule has 2 aromatic rings. The van der Waals surface area contributed by atoms with Crippen LogP contribution in [-0.4, -0.2) is 28.4 Å². The molecule has 1 N–H and O–H groups in total. The molecule has 3 rings (SSSR count). The number of amides is 2. The zero-order valence-electron chi connectivity index (χ0n) is 12.8. The summed E-state index contributed by atoms with van der Waals surface area (Å²) in [6.45, 7) is -0.0804. The van der Waals surface area contributed by atoms with E-state index in [4.69, 9.17) is 5.11 Å². The van der Waals surface area contributed by atoms with Crippen molar-refractivity contribution in [3.63, 3.8) is 0 Å². The predicted octanol–water partition coefficient (Wildman–Crippen LogP) is 2.36. The largest absolute Gasteiger partial charge is 0.395 e. The van der Waals surface area contributed by atoms with E-state index in [0.29, 0.717) is 28.7 Å². The molecule has 0 unspecified atom stereocenters. The summed E-state index contributed by atoms with van der Waals surface area (Å²) in [4.78, 5) is 25.8. The molecule has 120 valence electrons. The van der Waals surface area contributed by atoms with Crippen molar-refractivity contribution in [3.8, 4) is 11.8 Å². The first kappa shape index (κ1) is 15.9. The first-order valence-corrected chi connectivity index (χ1v) is 7.44. The van der Waals surface area contributed by atoms with Gasteiger partial charge in [-0.25, -0.2) is 4.39 Å². The Kier molecular flexibility index (Phi) is 4.41. The SMILES string of the molecule is O=C1c2ccccc2C(=O)N1Cc1cc(F)cc(C#CCCO)c1. The molecule has 2 amide bonds. The highest BCUT2D eigenvalue weighted by atomic mass is 19.1. The monoisotopic (exact) mass is 323 g/mol. The van der Waals surface area contributed by atoms with Gasteiger partial charge in [-0.1, -0.05) is 24.0 Å². The first-order valence-electron chi connectivity index (χ1n) is 7.44. The average Bonchev–Trinajstić information content (AvgIpc) is 2.80. The van der Waals surface area contributed by atoms with Crippen LogP contribution in [0.3, 0.4) is 0 Å². The zero-order chi connectivity index (χ0) is 17.1. The Bertz CT molecular complexity index is 845. The van der Waals surface area contributed by atoms with E-state index in [1.807, 2.05) is 0 Å². The summed E-state index contributed by atoms with van der Waals surface area (Å²) in [6.07, 6.45) is 0.296. The molecule has 0 radical (unpaired) electrons. The lowest BCUT2D eigenvalue weighted by molar-refractivity contribution is 0.0642. The Morgan fingerprint density at radius 1 is 1.04 bits per heavy atom. The van der Waals surface area contributed by atoms with Crippen LogP contribution in [0.4, 0.5) is 4.39 Å². The lowest BCUT2D eigenvalue weighted by Crippen LogP contribution is -2.29. The Balaban J connectivity index is 1.86. The second kappa shape index (κ2) is 6.65. The maximum atomic E-state index is 13.8. The molecule has 24 heavy (non-hydrogen) atoms. The topological polar surface area (TPSA) is 57.6 Å². The number of nitrogens with zero attached hydrogens (tertiary/aromatic N) is 1. The molecular formula is C19H14FNO3. The summed E-state index contributed by atoms with van der Waals surface area (Å²) in [5.74, 6) is 4.22. The van der Waals surface area contributed by atoms with Gasteiger partial charge in [-0.05, 0) is 35.9 Å². The van der Waals surface area contributed by atoms with Gasteiger partial charge in [0, 0.05) is 12.0 Å². The van der Waals surface area contributed by atoms with Crippen molar-refractivity contribution in [2.45, 2.75) is 13.0 Å². The molecule has 1 aliphatic rings. The van der Waals surface area contributed by atoms with E-state index in [2.05, 4.69) is 11.8 Å². The van der Waals surface area contributed by atoms with E-state index in [1.54, 1.807) is 30.3 Å². The number of carbonyl (C=O) groups is 2. The van der Waals surface area contributed by atoms with Crippen molar-refractivity contribution in [2.24, 2.45) is 0 Å². The highest BCUT2D eigenvalue weighted by Gasteiger charge is 2.34. The molecule has 0 spiro atoms. The van der Waals surface area contributed by atoms with Gasteiger partial charge in [-0.2, -0.15) is 0 Å². The number of hydrogen-bond donors (Lipinski definition) is 1. The first-order chi connectivity index (χ1) is 11.6. The minimum Gasteiger partial charge on any atom is -0.395 e. The maximum absolute atomic E-state index is 13.8. The Labute approximate surface area is 138 Å². The van der Waals surface area contributed by atoms with Crippen molar-refractivity contribution in [2.75, 3.05) is 6.61 Å². The van der Waals surface area contributed by atoms with Gasteiger partial charge in [0.2, 0.25) is 0 Å². The third-order valence-corrected chi connectivity index (χ3v) is 3.65. The van der Waals surface area contributed by atoms with Gasteiger partial charge in [-0.15, -0.1) is 0 Å². The van der Waals surface area contributed by atoms with Gasteiger partial charge in [0.1, 0.15) is 5.82 Å². The third-order valence-electron chi connectivity index (χ3n) is 3.65. The van der Waals surface area contributed by atoms with Crippen LogP contribution in [-0.2, 0) is 6.54 Å². The Morgan fingerprint density at radius 2 is 1.71 bits per heavy atom. The van der Waals surface area contributed by atoms with E-state index in [9.17, 15) is 14.0 Å². The molecule has 0 atom stereocenters. The third kappa shape index (κ3) is 3.05. The standard InChI is InChI=1S/C19H14FNO3/c20-15-10-13(5-3-4-8-22)9-14(11-15)12-21-18(23)16-6-1-2-7-17(16)19(21)24/h1-2,6-7,9-11,22H,4,8,12H2. The number of carbonyl (C=O) groups excluding carboxylic acids is 2. The summed E-state index contributed by atoms with van der Waals surface area (Å²) < 4.78 is 13.8. The molecule has 5 heteroatoms. The van der Waals surface area contributed by atoms with E-state index in [1.165, 1.54) is 12.1 Å². The summed E-state index contributed by atoms with van der Waals surface area (Å²) in [6, 6.07) is 10.8. The molecule has 1 aliphatic heterocycles. The number of aliphatic hydroxyl groups is 1. The number of halogens is 1. The van der Waals surface area contributed by atoms with Gasteiger partial charge >= 0.3 is 0 Å². The van der Waals surface area contributed by atoms with E-state index in [-0.39, 0.29) is 25.0 Å². The molecule has 0 aliphatic carbocycles. The number of fused-ring (bicyclic) bond motifs is 1. The molecule has 1 heterocycles. The van der Waals surface area contributed by atoms with Crippen molar-refractivity contribution in [1.29, 1.82) is 0 Å². The molecule has 4 nitrogen and oxygen atoms in total. The van der Waals surface area contributed by atoms with E-state index >= 15 is 0 Å².